The molecule has 5 heteroatoms. The Morgan fingerprint density at radius 3 is 2.74 bits per heavy atom. The summed E-state index contributed by atoms with van der Waals surface area (Å²) in [5, 5.41) is 0. The normalized spacial score (nSPS) is 23.6. The maximum absolute atomic E-state index is 11.3. The van der Waals surface area contributed by atoms with Crippen LogP contribution in [0.3, 0.4) is 0 Å². The van der Waals surface area contributed by atoms with Crippen molar-refractivity contribution >= 4 is 5.97 Å². The summed E-state index contributed by atoms with van der Waals surface area (Å²) in [6.07, 6.45) is 4.42. The van der Waals surface area contributed by atoms with E-state index in [1.807, 2.05) is 6.07 Å². The van der Waals surface area contributed by atoms with E-state index in [1.165, 1.54) is 7.11 Å². The average Bonchev–Trinajstić information content (AvgIpc) is 2.87. The molecule has 19 heavy (non-hydrogen) atoms. The molecule has 0 bridgehead atoms. The molecule has 1 aliphatic rings. The molecule has 0 saturated heterocycles. The van der Waals surface area contributed by atoms with Gasteiger partial charge in [0.1, 0.15) is 5.76 Å². The quantitative estimate of drug-likeness (QED) is 0.841. The van der Waals surface area contributed by atoms with Crippen LogP contribution in [0.15, 0.2) is 16.5 Å². The van der Waals surface area contributed by atoms with E-state index in [0.29, 0.717) is 18.6 Å². The maximum atomic E-state index is 11.3. The van der Waals surface area contributed by atoms with Gasteiger partial charge in [-0.15, -0.1) is 0 Å². The van der Waals surface area contributed by atoms with Crippen LogP contribution in [0.5, 0.6) is 0 Å². The monoisotopic (exact) mass is 266 g/mol. The third-order valence-electron chi connectivity index (χ3n) is 3.82. The standard InChI is InChI=1S/C14H22N2O3/c1-16(11-5-3-10(15)4-6-11)9-12-7-8-13(19-12)14(17)18-2/h7-8,10-11H,3-6,9,15H2,1-2H3. The van der Waals surface area contributed by atoms with Crippen molar-refractivity contribution in [3.8, 4) is 0 Å². The first-order valence-electron chi connectivity index (χ1n) is 6.73. The molecule has 1 aromatic heterocycles. The molecule has 1 saturated carbocycles. The molecule has 1 fully saturated rings. The molecule has 106 valence electrons. The topological polar surface area (TPSA) is 68.7 Å². The van der Waals surface area contributed by atoms with E-state index >= 15 is 0 Å². The van der Waals surface area contributed by atoms with Gasteiger partial charge in [-0.1, -0.05) is 0 Å². The van der Waals surface area contributed by atoms with Gasteiger partial charge in [0.25, 0.3) is 0 Å². The van der Waals surface area contributed by atoms with E-state index in [9.17, 15) is 4.79 Å². The van der Waals surface area contributed by atoms with Gasteiger partial charge in [0.15, 0.2) is 0 Å². The predicted molar refractivity (Wildman–Crippen MR) is 71.7 cm³/mol. The van der Waals surface area contributed by atoms with Gasteiger partial charge < -0.3 is 14.9 Å². The lowest BCUT2D eigenvalue weighted by molar-refractivity contribution is 0.0560. The zero-order valence-corrected chi connectivity index (χ0v) is 11.6. The number of hydrogen-bond acceptors (Lipinski definition) is 5. The first-order chi connectivity index (χ1) is 9.10. The maximum Gasteiger partial charge on any atom is 0.373 e. The lowest BCUT2D eigenvalue weighted by atomic mass is 9.91. The Labute approximate surface area is 113 Å². The first kappa shape index (κ1) is 14.1. The fourth-order valence-corrected chi connectivity index (χ4v) is 2.59. The summed E-state index contributed by atoms with van der Waals surface area (Å²) in [7, 11) is 3.43. The van der Waals surface area contributed by atoms with Crippen LogP contribution in [0, 0.1) is 0 Å². The zero-order chi connectivity index (χ0) is 13.8. The van der Waals surface area contributed by atoms with Crippen molar-refractivity contribution in [2.24, 2.45) is 5.73 Å². The first-order valence-corrected chi connectivity index (χ1v) is 6.73. The minimum atomic E-state index is -0.433. The largest absolute Gasteiger partial charge is 0.463 e. The molecule has 2 rings (SSSR count). The van der Waals surface area contributed by atoms with E-state index in [2.05, 4.69) is 16.7 Å². The van der Waals surface area contributed by atoms with Crippen molar-refractivity contribution in [3.63, 3.8) is 0 Å². The molecule has 0 atom stereocenters. The summed E-state index contributed by atoms with van der Waals surface area (Å²) >= 11 is 0. The van der Waals surface area contributed by atoms with Crippen LogP contribution in [-0.2, 0) is 11.3 Å². The number of methoxy groups -OCH3 is 1. The van der Waals surface area contributed by atoms with Gasteiger partial charge in [-0.3, -0.25) is 4.90 Å². The van der Waals surface area contributed by atoms with E-state index < -0.39 is 5.97 Å². The second-order valence-electron chi connectivity index (χ2n) is 5.24. The van der Waals surface area contributed by atoms with Crippen molar-refractivity contribution in [2.75, 3.05) is 14.2 Å². The molecular weight excluding hydrogens is 244 g/mol. The summed E-state index contributed by atoms with van der Waals surface area (Å²) in [6.45, 7) is 0.705. The van der Waals surface area contributed by atoms with Crippen LogP contribution in [0.25, 0.3) is 0 Å². The summed E-state index contributed by atoms with van der Waals surface area (Å²) in [4.78, 5) is 13.6. The molecule has 5 nitrogen and oxygen atoms in total. The number of rotatable bonds is 4. The molecule has 0 aromatic carbocycles. The molecule has 0 unspecified atom stereocenters. The van der Waals surface area contributed by atoms with E-state index in [0.717, 1.165) is 31.4 Å². The number of hydrogen-bond donors (Lipinski definition) is 1. The van der Waals surface area contributed by atoms with Crippen LogP contribution in [0.1, 0.15) is 42.0 Å². The van der Waals surface area contributed by atoms with Crippen molar-refractivity contribution in [3.05, 3.63) is 23.7 Å². The second kappa shape index (κ2) is 6.21. The fourth-order valence-electron chi connectivity index (χ4n) is 2.59. The van der Waals surface area contributed by atoms with Gasteiger partial charge in [0, 0.05) is 12.1 Å². The molecular formula is C14H22N2O3. The molecule has 1 aromatic rings. The van der Waals surface area contributed by atoms with Gasteiger partial charge in [-0.05, 0) is 44.9 Å². The van der Waals surface area contributed by atoms with Crippen LogP contribution >= 0.6 is 0 Å². The number of carbonyl (C=O) groups is 1. The highest BCUT2D eigenvalue weighted by molar-refractivity contribution is 5.86. The van der Waals surface area contributed by atoms with Crippen molar-refractivity contribution in [2.45, 2.75) is 44.3 Å². The van der Waals surface area contributed by atoms with E-state index in [1.54, 1.807) is 6.07 Å². The van der Waals surface area contributed by atoms with Crippen LogP contribution in [0.2, 0.25) is 0 Å². The van der Waals surface area contributed by atoms with Gasteiger partial charge >= 0.3 is 5.97 Å². The van der Waals surface area contributed by atoms with Gasteiger partial charge in [0.2, 0.25) is 5.76 Å². The molecule has 1 heterocycles. The van der Waals surface area contributed by atoms with E-state index in [4.69, 9.17) is 10.2 Å². The number of nitrogens with zero attached hydrogens (tertiary/aromatic N) is 1. The zero-order valence-electron chi connectivity index (χ0n) is 11.6. The highest BCUT2D eigenvalue weighted by atomic mass is 16.5. The Hall–Kier alpha value is -1.33. The Morgan fingerprint density at radius 2 is 2.11 bits per heavy atom. The van der Waals surface area contributed by atoms with Crippen molar-refractivity contribution in [1.29, 1.82) is 0 Å². The molecule has 2 N–H and O–H groups in total. The highest BCUT2D eigenvalue weighted by Crippen LogP contribution is 2.23. The Kier molecular flexibility index (Phi) is 4.61. The lowest BCUT2D eigenvalue weighted by Gasteiger charge is -2.32. The predicted octanol–water partition coefficient (Wildman–Crippen LogP) is 1.77. The van der Waals surface area contributed by atoms with E-state index in [-0.39, 0.29) is 5.76 Å². The third kappa shape index (κ3) is 3.58. The lowest BCUT2D eigenvalue weighted by Crippen LogP contribution is -2.38. The number of esters is 1. The highest BCUT2D eigenvalue weighted by Gasteiger charge is 2.22. The van der Waals surface area contributed by atoms with Crippen LogP contribution in [-0.4, -0.2) is 37.1 Å². The van der Waals surface area contributed by atoms with Crippen molar-refractivity contribution in [1.82, 2.24) is 4.90 Å². The minimum absolute atomic E-state index is 0.261. The summed E-state index contributed by atoms with van der Waals surface area (Å²) in [5.41, 5.74) is 5.91. The molecule has 0 amide bonds. The van der Waals surface area contributed by atoms with Crippen molar-refractivity contribution < 1.29 is 13.9 Å². The van der Waals surface area contributed by atoms with Crippen LogP contribution in [0.4, 0.5) is 0 Å². The van der Waals surface area contributed by atoms with Gasteiger partial charge in [-0.25, -0.2) is 4.79 Å². The summed E-state index contributed by atoms with van der Waals surface area (Å²) < 4.78 is 10.1. The van der Waals surface area contributed by atoms with Crippen LogP contribution < -0.4 is 5.73 Å². The summed E-state index contributed by atoms with van der Waals surface area (Å²) in [6, 6.07) is 4.40. The number of ether oxygens (including phenoxy) is 1. The molecule has 0 radical (unpaired) electrons. The average molecular weight is 266 g/mol. The SMILES string of the molecule is COC(=O)c1ccc(CN(C)C2CCC(N)CC2)o1. The smallest absolute Gasteiger partial charge is 0.373 e. The molecule has 0 spiro atoms. The molecule has 0 aliphatic heterocycles. The number of furan rings is 1. The fraction of sp³-hybridized carbons (Fsp3) is 0.643. The Morgan fingerprint density at radius 1 is 1.42 bits per heavy atom. The Bertz CT molecular complexity index is 422. The second-order valence-corrected chi connectivity index (χ2v) is 5.24. The minimum Gasteiger partial charge on any atom is -0.463 e. The number of nitrogens with two attached hydrogens (primary N) is 1. The summed E-state index contributed by atoms with van der Waals surface area (Å²) in [5.74, 6) is 0.617. The molecule has 1 aliphatic carbocycles. The van der Waals surface area contributed by atoms with Gasteiger partial charge in [0.05, 0.1) is 13.7 Å². The third-order valence-corrected chi connectivity index (χ3v) is 3.82. The Balaban J connectivity index is 1.89. The van der Waals surface area contributed by atoms with Gasteiger partial charge in [-0.2, -0.15) is 0 Å². The number of carbonyl (C=O) groups excluding carboxylic acids is 1.